The average molecular weight is 257 g/mol. The van der Waals surface area contributed by atoms with Crippen molar-refractivity contribution >= 4 is 11.9 Å². The summed E-state index contributed by atoms with van der Waals surface area (Å²) in [6.45, 7) is 9.47. The first-order valence-electron chi connectivity index (χ1n) is 6.26. The maximum absolute atomic E-state index is 12.0. The third kappa shape index (κ3) is 5.49. The monoisotopic (exact) mass is 257 g/mol. The Labute approximate surface area is 108 Å². The molecule has 0 aliphatic carbocycles. The first-order valence-corrected chi connectivity index (χ1v) is 6.26. The number of ether oxygens (including phenoxy) is 2. The lowest BCUT2D eigenvalue weighted by Gasteiger charge is -2.27. The van der Waals surface area contributed by atoms with Crippen LogP contribution in [0.5, 0.6) is 0 Å². The van der Waals surface area contributed by atoms with Gasteiger partial charge in [-0.15, -0.1) is 0 Å². The van der Waals surface area contributed by atoms with E-state index in [1.807, 2.05) is 0 Å². The molecule has 1 aliphatic heterocycles. The van der Waals surface area contributed by atoms with Gasteiger partial charge in [0.15, 0.2) is 5.78 Å². The van der Waals surface area contributed by atoms with Crippen molar-refractivity contribution in [2.24, 2.45) is 0 Å². The quantitative estimate of drug-likeness (QED) is 0.765. The van der Waals surface area contributed by atoms with Crippen molar-refractivity contribution in [3.05, 3.63) is 0 Å². The molecule has 1 saturated heterocycles. The van der Waals surface area contributed by atoms with Gasteiger partial charge in [-0.2, -0.15) is 0 Å². The van der Waals surface area contributed by atoms with Crippen LogP contribution in [-0.4, -0.2) is 35.7 Å². The van der Waals surface area contributed by atoms with Gasteiger partial charge in [0, 0.05) is 6.42 Å². The van der Waals surface area contributed by atoms with Crippen molar-refractivity contribution in [2.75, 3.05) is 6.61 Å². The molecule has 0 radical (unpaired) electrons. The van der Waals surface area contributed by atoms with E-state index in [9.17, 15) is 9.59 Å². The zero-order valence-electron chi connectivity index (χ0n) is 11.8. The number of hydrogen-bond acceptors (Lipinski definition) is 4. The highest BCUT2D eigenvalue weighted by atomic mass is 16.6. The number of amides is 1. The lowest BCUT2D eigenvalue weighted by atomic mass is 9.95. The molecule has 0 saturated carbocycles. The van der Waals surface area contributed by atoms with E-state index in [1.54, 1.807) is 34.6 Å². The molecule has 5 heteroatoms. The second-order valence-electron chi connectivity index (χ2n) is 6.17. The van der Waals surface area contributed by atoms with Crippen LogP contribution in [-0.2, 0) is 14.3 Å². The fourth-order valence-electron chi connectivity index (χ4n) is 1.47. The predicted octanol–water partition coefficient (Wildman–Crippen LogP) is 2.04. The zero-order chi connectivity index (χ0) is 14.0. The van der Waals surface area contributed by atoms with E-state index in [1.165, 1.54) is 0 Å². The Balaban J connectivity index is 2.40. The van der Waals surface area contributed by atoms with Gasteiger partial charge in [-0.3, -0.25) is 4.79 Å². The molecule has 0 aromatic heterocycles. The molecule has 5 nitrogen and oxygen atoms in total. The van der Waals surface area contributed by atoms with Gasteiger partial charge in [0.2, 0.25) is 0 Å². The van der Waals surface area contributed by atoms with Crippen molar-refractivity contribution in [3.8, 4) is 0 Å². The highest BCUT2D eigenvalue weighted by Gasteiger charge is 2.32. The van der Waals surface area contributed by atoms with Crippen molar-refractivity contribution < 1.29 is 19.1 Å². The molecule has 104 valence electrons. The molecular formula is C13H23NO4. The molecule has 1 atom stereocenters. The number of epoxide rings is 1. The Bertz CT molecular complexity index is 326. The number of carbonyl (C=O) groups excluding carboxylic acids is 2. The highest BCUT2D eigenvalue weighted by molar-refractivity contribution is 5.90. The third-order valence-electron chi connectivity index (χ3n) is 2.61. The summed E-state index contributed by atoms with van der Waals surface area (Å²) in [4.78, 5) is 23.6. The van der Waals surface area contributed by atoms with Crippen LogP contribution in [0.2, 0.25) is 0 Å². The molecule has 0 spiro atoms. The molecule has 1 unspecified atom stereocenters. The van der Waals surface area contributed by atoms with Gasteiger partial charge in [0.05, 0.1) is 18.2 Å². The number of ketones is 1. The number of Topliss-reactive ketones (excluding diaryl/α,β-unsaturated/α-hetero) is 1. The van der Waals surface area contributed by atoms with Gasteiger partial charge >= 0.3 is 6.09 Å². The lowest BCUT2D eigenvalue weighted by Crippen LogP contribution is -2.51. The standard InChI is InChI=1S/C13H23NO4/c1-12(2,3)18-11(16)14-13(4,5)10(15)7-6-9-8-17-9/h9H,6-8H2,1-5H3,(H,14,16). The van der Waals surface area contributed by atoms with Crippen molar-refractivity contribution in [1.29, 1.82) is 0 Å². The van der Waals surface area contributed by atoms with E-state index in [-0.39, 0.29) is 11.9 Å². The Kier molecular flexibility index (Phi) is 4.37. The van der Waals surface area contributed by atoms with Gasteiger partial charge in [-0.05, 0) is 41.0 Å². The van der Waals surface area contributed by atoms with Crippen LogP contribution in [0, 0.1) is 0 Å². The van der Waals surface area contributed by atoms with Crippen molar-refractivity contribution in [2.45, 2.75) is 64.7 Å². The second-order valence-corrected chi connectivity index (χ2v) is 6.17. The van der Waals surface area contributed by atoms with E-state index in [0.717, 1.165) is 13.0 Å². The summed E-state index contributed by atoms with van der Waals surface area (Å²) in [6.07, 6.45) is 0.793. The van der Waals surface area contributed by atoms with Gasteiger partial charge in [0.1, 0.15) is 5.60 Å². The molecule has 18 heavy (non-hydrogen) atoms. The molecule has 1 rings (SSSR count). The van der Waals surface area contributed by atoms with Crippen LogP contribution < -0.4 is 5.32 Å². The predicted molar refractivity (Wildman–Crippen MR) is 67.4 cm³/mol. The molecular weight excluding hydrogens is 234 g/mol. The van der Waals surface area contributed by atoms with Crippen LogP contribution in [0.25, 0.3) is 0 Å². The minimum atomic E-state index is -0.906. The van der Waals surface area contributed by atoms with Gasteiger partial charge in [-0.1, -0.05) is 0 Å². The van der Waals surface area contributed by atoms with Crippen LogP contribution in [0.1, 0.15) is 47.5 Å². The molecule has 0 aromatic rings. The van der Waals surface area contributed by atoms with Gasteiger partial charge in [0.25, 0.3) is 0 Å². The molecule has 1 amide bonds. The topological polar surface area (TPSA) is 67.9 Å². The SMILES string of the molecule is CC(C)(C)OC(=O)NC(C)(C)C(=O)CCC1CO1. The first kappa shape index (κ1) is 15.0. The largest absolute Gasteiger partial charge is 0.444 e. The van der Waals surface area contributed by atoms with Crippen LogP contribution in [0.4, 0.5) is 4.79 Å². The molecule has 0 aromatic carbocycles. The summed E-state index contributed by atoms with van der Waals surface area (Å²) in [5, 5.41) is 2.61. The fraction of sp³-hybridized carbons (Fsp3) is 0.846. The molecule has 0 bridgehead atoms. The van der Waals surface area contributed by atoms with Crippen LogP contribution in [0.3, 0.4) is 0 Å². The number of carbonyl (C=O) groups is 2. The summed E-state index contributed by atoms with van der Waals surface area (Å²) < 4.78 is 10.2. The van der Waals surface area contributed by atoms with E-state index in [4.69, 9.17) is 9.47 Å². The minimum Gasteiger partial charge on any atom is -0.444 e. The Hall–Kier alpha value is -1.10. The molecule has 1 heterocycles. The lowest BCUT2D eigenvalue weighted by molar-refractivity contribution is -0.124. The van der Waals surface area contributed by atoms with Crippen LogP contribution >= 0.6 is 0 Å². The van der Waals surface area contributed by atoms with Crippen LogP contribution in [0.15, 0.2) is 0 Å². The fourth-order valence-corrected chi connectivity index (χ4v) is 1.47. The summed E-state index contributed by atoms with van der Waals surface area (Å²) in [7, 11) is 0. The number of rotatable bonds is 5. The molecule has 1 aliphatic rings. The van der Waals surface area contributed by atoms with E-state index in [2.05, 4.69) is 5.32 Å². The summed E-state index contributed by atoms with van der Waals surface area (Å²) in [5.74, 6) is -0.0103. The molecule has 1 N–H and O–H groups in total. The number of hydrogen-bond donors (Lipinski definition) is 1. The van der Waals surface area contributed by atoms with E-state index < -0.39 is 17.2 Å². The summed E-state index contributed by atoms with van der Waals surface area (Å²) >= 11 is 0. The van der Waals surface area contributed by atoms with Gasteiger partial charge in [-0.25, -0.2) is 4.79 Å². The number of alkyl carbamates (subject to hydrolysis) is 1. The Morgan fingerprint density at radius 3 is 2.28 bits per heavy atom. The third-order valence-corrected chi connectivity index (χ3v) is 2.61. The highest BCUT2D eigenvalue weighted by Crippen LogP contribution is 2.18. The second kappa shape index (κ2) is 5.26. The first-order chi connectivity index (χ1) is 8.10. The summed E-state index contributed by atoms with van der Waals surface area (Å²) in [5.41, 5.74) is -1.47. The normalized spacial score (nSPS) is 19.3. The molecule has 1 fully saturated rings. The Morgan fingerprint density at radius 2 is 1.83 bits per heavy atom. The Morgan fingerprint density at radius 1 is 1.28 bits per heavy atom. The maximum Gasteiger partial charge on any atom is 0.408 e. The smallest absolute Gasteiger partial charge is 0.408 e. The van der Waals surface area contributed by atoms with Gasteiger partial charge < -0.3 is 14.8 Å². The minimum absolute atomic E-state index is 0.0103. The van der Waals surface area contributed by atoms with Crippen molar-refractivity contribution in [1.82, 2.24) is 5.32 Å². The van der Waals surface area contributed by atoms with E-state index in [0.29, 0.717) is 6.42 Å². The summed E-state index contributed by atoms with van der Waals surface area (Å²) in [6, 6.07) is 0. The zero-order valence-corrected chi connectivity index (χ0v) is 11.8. The average Bonchev–Trinajstić information content (AvgIpc) is 2.92. The van der Waals surface area contributed by atoms with E-state index >= 15 is 0 Å². The van der Waals surface area contributed by atoms with Crippen molar-refractivity contribution in [3.63, 3.8) is 0 Å². The maximum atomic E-state index is 12.0. The number of nitrogens with one attached hydrogen (secondary N) is 1.